The third kappa shape index (κ3) is 4.41. The van der Waals surface area contributed by atoms with Crippen molar-refractivity contribution in [3.63, 3.8) is 0 Å². The second-order valence-corrected chi connectivity index (χ2v) is 10.2. The number of aliphatic hydroxyl groups is 2. The lowest BCUT2D eigenvalue weighted by atomic mass is 9.81. The van der Waals surface area contributed by atoms with Crippen molar-refractivity contribution >= 4 is 0 Å². The molecular weight excluding hydrogens is 374 g/mol. The van der Waals surface area contributed by atoms with Crippen LogP contribution < -0.4 is 4.74 Å². The number of ether oxygens (including phenoxy) is 1. The Morgan fingerprint density at radius 2 is 1.77 bits per heavy atom. The van der Waals surface area contributed by atoms with Gasteiger partial charge >= 0.3 is 0 Å². The van der Waals surface area contributed by atoms with Gasteiger partial charge in [0.2, 0.25) is 0 Å². The van der Waals surface area contributed by atoms with Crippen molar-refractivity contribution in [2.75, 3.05) is 19.6 Å². The Kier molecular flexibility index (Phi) is 5.69. The predicted octanol–water partition coefficient (Wildman–Crippen LogP) is 4.68. The summed E-state index contributed by atoms with van der Waals surface area (Å²) in [6.45, 7) is 11.0. The lowest BCUT2D eigenvalue weighted by Gasteiger charge is -2.46. The molecule has 0 aromatic heterocycles. The molecule has 0 aliphatic carbocycles. The highest BCUT2D eigenvalue weighted by Crippen LogP contribution is 2.44. The minimum absolute atomic E-state index is 0.118. The first-order valence-corrected chi connectivity index (χ1v) is 11.1. The van der Waals surface area contributed by atoms with E-state index in [9.17, 15) is 10.2 Å². The molecule has 2 aromatic rings. The van der Waals surface area contributed by atoms with Gasteiger partial charge in [-0.1, -0.05) is 56.7 Å². The third-order valence-electron chi connectivity index (χ3n) is 6.78. The molecule has 2 heterocycles. The zero-order chi connectivity index (χ0) is 21.5. The van der Waals surface area contributed by atoms with Crippen LogP contribution in [0.3, 0.4) is 0 Å². The summed E-state index contributed by atoms with van der Waals surface area (Å²) < 4.78 is 6.42. The summed E-state index contributed by atoms with van der Waals surface area (Å²) in [5.74, 6) is 0.826. The zero-order valence-electron chi connectivity index (χ0n) is 18.7. The Morgan fingerprint density at radius 1 is 1.10 bits per heavy atom. The maximum Gasteiger partial charge on any atom is 0.125 e. The van der Waals surface area contributed by atoms with Crippen LogP contribution in [0.4, 0.5) is 0 Å². The van der Waals surface area contributed by atoms with Crippen LogP contribution in [0.1, 0.15) is 74.5 Å². The van der Waals surface area contributed by atoms with Gasteiger partial charge in [0.25, 0.3) is 0 Å². The van der Waals surface area contributed by atoms with Crippen molar-refractivity contribution in [1.82, 2.24) is 4.90 Å². The van der Waals surface area contributed by atoms with Gasteiger partial charge in [-0.05, 0) is 48.4 Å². The molecule has 0 amide bonds. The Bertz CT molecular complexity index is 876. The van der Waals surface area contributed by atoms with Crippen molar-refractivity contribution in [2.45, 2.75) is 70.2 Å². The lowest BCUT2D eigenvalue weighted by molar-refractivity contribution is -0.0588. The molecule has 2 atom stereocenters. The molecule has 1 saturated heterocycles. The summed E-state index contributed by atoms with van der Waals surface area (Å²) >= 11 is 0. The summed E-state index contributed by atoms with van der Waals surface area (Å²) in [6.07, 6.45) is 1.43. The number of aliphatic hydroxyl groups excluding tert-OH is 2. The van der Waals surface area contributed by atoms with Crippen LogP contribution >= 0.6 is 0 Å². The number of nitrogens with zero attached hydrogens (tertiary/aromatic N) is 1. The normalized spacial score (nSPS) is 22.4. The van der Waals surface area contributed by atoms with E-state index in [1.54, 1.807) is 0 Å². The van der Waals surface area contributed by atoms with Crippen molar-refractivity contribution in [3.8, 4) is 5.75 Å². The topological polar surface area (TPSA) is 52.9 Å². The van der Waals surface area contributed by atoms with Gasteiger partial charge in [-0.15, -0.1) is 0 Å². The van der Waals surface area contributed by atoms with Gasteiger partial charge in [0.15, 0.2) is 0 Å². The van der Waals surface area contributed by atoms with Crippen LogP contribution in [0, 0.1) is 6.92 Å². The predicted molar refractivity (Wildman–Crippen MR) is 120 cm³/mol. The van der Waals surface area contributed by atoms with Gasteiger partial charge in [0.05, 0.1) is 12.2 Å². The van der Waals surface area contributed by atoms with E-state index in [0.29, 0.717) is 13.0 Å². The highest BCUT2D eigenvalue weighted by atomic mass is 16.5. The van der Waals surface area contributed by atoms with Crippen molar-refractivity contribution < 1.29 is 14.9 Å². The molecule has 1 spiro atoms. The average Bonchev–Trinajstić information content (AvgIpc) is 2.70. The van der Waals surface area contributed by atoms with Crippen molar-refractivity contribution in [3.05, 3.63) is 64.7 Å². The summed E-state index contributed by atoms with van der Waals surface area (Å²) in [5.41, 5.74) is 4.13. The van der Waals surface area contributed by atoms with Crippen LogP contribution in [0.25, 0.3) is 0 Å². The molecule has 0 saturated carbocycles. The molecule has 0 radical (unpaired) electrons. The number of hydrogen-bond acceptors (Lipinski definition) is 4. The molecule has 4 nitrogen and oxygen atoms in total. The fraction of sp³-hybridized carbons (Fsp3) is 0.538. The summed E-state index contributed by atoms with van der Waals surface area (Å²) in [6, 6.07) is 14.4. The third-order valence-corrected chi connectivity index (χ3v) is 6.78. The Morgan fingerprint density at radius 3 is 2.40 bits per heavy atom. The number of fused-ring (bicyclic) bond motifs is 1. The summed E-state index contributed by atoms with van der Waals surface area (Å²) in [4.78, 5) is 2.31. The smallest absolute Gasteiger partial charge is 0.125 e. The zero-order valence-corrected chi connectivity index (χ0v) is 18.7. The first-order chi connectivity index (χ1) is 14.2. The Hall–Kier alpha value is -1.88. The molecule has 1 fully saturated rings. The van der Waals surface area contributed by atoms with E-state index in [4.69, 9.17) is 4.74 Å². The van der Waals surface area contributed by atoms with Gasteiger partial charge in [0.1, 0.15) is 11.4 Å². The lowest BCUT2D eigenvalue weighted by Crippen LogP contribution is -2.51. The number of piperidine rings is 1. The Balaban J connectivity index is 1.36. The van der Waals surface area contributed by atoms with Crippen molar-refractivity contribution in [1.29, 1.82) is 0 Å². The van der Waals surface area contributed by atoms with Gasteiger partial charge in [0, 0.05) is 31.6 Å². The van der Waals surface area contributed by atoms with E-state index >= 15 is 0 Å². The highest BCUT2D eigenvalue weighted by molar-refractivity contribution is 5.41. The Labute approximate surface area is 180 Å². The van der Waals surface area contributed by atoms with Crippen LogP contribution in [0.2, 0.25) is 0 Å². The monoisotopic (exact) mass is 409 g/mol. The molecule has 4 heteroatoms. The van der Waals surface area contributed by atoms with Crippen LogP contribution in [0.5, 0.6) is 5.75 Å². The number of β-amino-alcohol motifs (C(OH)–C–C–N with tert-alkyl or cyclic N) is 1. The van der Waals surface area contributed by atoms with E-state index in [-0.39, 0.29) is 11.0 Å². The van der Waals surface area contributed by atoms with Crippen LogP contribution in [0.15, 0.2) is 42.5 Å². The maximum atomic E-state index is 10.8. The van der Waals surface area contributed by atoms with E-state index < -0.39 is 12.2 Å². The summed E-state index contributed by atoms with van der Waals surface area (Å²) in [7, 11) is 0. The number of hydrogen-bond donors (Lipinski definition) is 2. The molecule has 4 rings (SSSR count). The second kappa shape index (κ2) is 7.99. The minimum Gasteiger partial charge on any atom is -0.487 e. The molecule has 2 aliphatic heterocycles. The van der Waals surface area contributed by atoms with E-state index in [1.165, 1.54) is 5.56 Å². The quantitative estimate of drug-likeness (QED) is 0.773. The molecule has 2 aliphatic rings. The number of rotatable bonds is 3. The fourth-order valence-electron chi connectivity index (χ4n) is 4.76. The van der Waals surface area contributed by atoms with Crippen LogP contribution in [-0.2, 0) is 5.41 Å². The summed E-state index contributed by atoms with van der Waals surface area (Å²) in [5, 5.41) is 21.5. The molecule has 2 unspecified atom stereocenters. The average molecular weight is 410 g/mol. The van der Waals surface area contributed by atoms with Crippen molar-refractivity contribution in [2.24, 2.45) is 0 Å². The van der Waals surface area contributed by atoms with Crippen LogP contribution in [-0.4, -0.2) is 40.3 Å². The molecule has 2 N–H and O–H groups in total. The maximum absolute atomic E-state index is 10.8. The first kappa shape index (κ1) is 21.4. The van der Waals surface area contributed by atoms with E-state index in [2.05, 4.69) is 49.9 Å². The number of likely N-dealkylation sites (tertiary alicyclic amines) is 1. The van der Waals surface area contributed by atoms with Gasteiger partial charge in [-0.2, -0.15) is 0 Å². The standard InChI is InChI=1S/C26H35NO3/c1-18-5-10-24-21(15-18)22(28)16-26(30-24)11-13-27(14-12-26)17-23(29)19-6-8-20(9-7-19)25(2,3)4/h5-10,15,22-23,28-29H,11-14,16-17H2,1-4H3. The van der Waals surface area contributed by atoms with Gasteiger partial charge in [-0.3, -0.25) is 0 Å². The molecule has 2 aromatic carbocycles. The molecule has 0 bridgehead atoms. The SMILES string of the molecule is Cc1ccc2c(c1)C(O)CC1(CCN(CC(O)c3ccc(C(C)(C)C)cc3)CC1)O2. The second-order valence-electron chi connectivity index (χ2n) is 10.2. The van der Waals surface area contributed by atoms with E-state index in [1.807, 2.05) is 25.1 Å². The largest absolute Gasteiger partial charge is 0.487 e. The molecule has 30 heavy (non-hydrogen) atoms. The van der Waals surface area contributed by atoms with E-state index in [0.717, 1.165) is 48.4 Å². The molecular formula is C26H35NO3. The number of benzene rings is 2. The number of aryl methyl sites for hydroxylation is 1. The highest BCUT2D eigenvalue weighted by Gasteiger charge is 2.43. The fourth-order valence-corrected chi connectivity index (χ4v) is 4.76. The van der Waals surface area contributed by atoms with Gasteiger partial charge in [-0.25, -0.2) is 0 Å². The molecule has 162 valence electrons. The minimum atomic E-state index is -0.491. The van der Waals surface area contributed by atoms with Gasteiger partial charge < -0.3 is 19.8 Å². The first-order valence-electron chi connectivity index (χ1n) is 11.1.